The molecule has 0 heterocycles. The van der Waals surface area contributed by atoms with Crippen molar-refractivity contribution in [1.29, 1.82) is 0 Å². The fraction of sp³-hybridized carbons (Fsp3) is 0.800. The molecule has 1 saturated carbocycles. The highest BCUT2D eigenvalue weighted by Crippen LogP contribution is 2.59. The van der Waals surface area contributed by atoms with Crippen LogP contribution in [0.15, 0.2) is 11.6 Å². The number of carbonyl (C=O) groups is 1. The summed E-state index contributed by atoms with van der Waals surface area (Å²) >= 11 is 0. The predicted octanol–water partition coefficient (Wildman–Crippen LogP) is 2.54. The van der Waals surface area contributed by atoms with Gasteiger partial charge in [-0.05, 0) is 50.0 Å². The van der Waals surface area contributed by atoms with E-state index in [0.29, 0.717) is 18.4 Å². The second-order valence-corrected chi connectivity index (χ2v) is 7.27. The van der Waals surface area contributed by atoms with Gasteiger partial charge < -0.3 is 9.84 Å². The Bertz CT molecular complexity index is 387. The Morgan fingerprint density at radius 2 is 2.11 bits per heavy atom. The van der Waals surface area contributed by atoms with Gasteiger partial charge >= 0.3 is 5.97 Å². The van der Waals surface area contributed by atoms with Crippen molar-refractivity contribution in [1.82, 2.24) is 0 Å². The Labute approximate surface area is 109 Å². The lowest BCUT2D eigenvalue weighted by Gasteiger charge is -2.58. The molecule has 0 spiro atoms. The van der Waals surface area contributed by atoms with Gasteiger partial charge in [-0.15, -0.1) is 0 Å². The first-order chi connectivity index (χ1) is 8.14. The van der Waals surface area contributed by atoms with E-state index in [1.165, 1.54) is 0 Å². The van der Waals surface area contributed by atoms with Crippen LogP contribution in [0.1, 0.15) is 41.0 Å². The van der Waals surface area contributed by atoms with Crippen LogP contribution in [-0.2, 0) is 9.53 Å². The van der Waals surface area contributed by atoms with E-state index >= 15 is 0 Å². The van der Waals surface area contributed by atoms with Crippen molar-refractivity contribution in [2.45, 2.75) is 47.1 Å². The summed E-state index contributed by atoms with van der Waals surface area (Å²) in [5.74, 6) is 0.639. The first-order valence-electron chi connectivity index (χ1n) is 6.70. The second kappa shape index (κ2) is 4.09. The summed E-state index contributed by atoms with van der Waals surface area (Å²) in [6.07, 6.45) is 2.53. The zero-order chi connectivity index (χ0) is 13.7. The molecule has 0 radical (unpaired) electrons. The Morgan fingerprint density at radius 3 is 2.56 bits per heavy atom. The van der Waals surface area contributed by atoms with E-state index in [1.54, 1.807) is 0 Å². The first kappa shape index (κ1) is 13.6. The number of hydrogen-bond donors (Lipinski definition) is 1. The first-order valence-corrected chi connectivity index (χ1v) is 6.70. The van der Waals surface area contributed by atoms with Crippen molar-refractivity contribution in [2.75, 3.05) is 6.61 Å². The number of esters is 1. The topological polar surface area (TPSA) is 46.5 Å². The molecule has 3 aliphatic carbocycles. The summed E-state index contributed by atoms with van der Waals surface area (Å²) in [4.78, 5) is 11.8. The fourth-order valence-electron chi connectivity index (χ4n) is 3.13. The van der Waals surface area contributed by atoms with E-state index in [4.69, 9.17) is 4.74 Å². The maximum absolute atomic E-state index is 11.8. The van der Waals surface area contributed by atoms with Crippen molar-refractivity contribution in [3.8, 4) is 0 Å². The van der Waals surface area contributed by atoms with E-state index in [0.717, 1.165) is 12.0 Å². The van der Waals surface area contributed by atoms with Gasteiger partial charge in [0.2, 0.25) is 0 Å². The Kier molecular flexibility index (Phi) is 3.09. The maximum atomic E-state index is 11.8. The summed E-state index contributed by atoms with van der Waals surface area (Å²) in [6.45, 7) is 10.3. The number of ether oxygens (including phenoxy) is 1. The van der Waals surface area contributed by atoms with Gasteiger partial charge in [0.25, 0.3) is 0 Å². The molecule has 0 aromatic heterocycles. The molecule has 0 aromatic rings. The third kappa shape index (κ3) is 2.09. The summed E-state index contributed by atoms with van der Waals surface area (Å²) in [6, 6.07) is 0. The van der Waals surface area contributed by atoms with Crippen LogP contribution in [0.2, 0.25) is 0 Å². The molecule has 1 fully saturated rings. The molecule has 18 heavy (non-hydrogen) atoms. The monoisotopic (exact) mass is 252 g/mol. The van der Waals surface area contributed by atoms with Crippen LogP contribution < -0.4 is 0 Å². The third-order valence-corrected chi connectivity index (χ3v) is 4.57. The largest absolute Gasteiger partial charge is 0.461 e. The normalized spacial score (nSPS) is 33.4. The Hall–Kier alpha value is -0.830. The number of hydrogen-bond acceptors (Lipinski definition) is 3. The van der Waals surface area contributed by atoms with Gasteiger partial charge in [-0.2, -0.15) is 0 Å². The standard InChI is InChI=1S/C15H24O3/c1-14(2,3)13(17)18-8-9-6-12(16)11-7-10(9)15(11,4)5/h6,10-12,16H,7-8H2,1-5H3/t10?,11-,12?/m1/s1. The Balaban J connectivity index is 2.01. The summed E-state index contributed by atoms with van der Waals surface area (Å²) in [7, 11) is 0. The van der Waals surface area contributed by atoms with Crippen molar-refractivity contribution >= 4 is 5.97 Å². The molecule has 2 unspecified atom stereocenters. The molecular formula is C15H24O3. The molecule has 0 aromatic carbocycles. The minimum absolute atomic E-state index is 0.137. The molecular weight excluding hydrogens is 228 g/mol. The van der Waals surface area contributed by atoms with E-state index in [9.17, 15) is 9.90 Å². The summed E-state index contributed by atoms with van der Waals surface area (Å²) in [5, 5.41) is 10.0. The highest BCUT2D eigenvalue weighted by Gasteiger charge is 2.55. The van der Waals surface area contributed by atoms with Crippen LogP contribution in [0.5, 0.6) is 0 Å². The highest BCUT2D eigenvalue weighted by atomic mass is 16.5. The van der Waals surface area contributed by atoms with Crippen molar-refractivity contribution < 1.29 is 14.6 Å². The van der Waals surface area contributed by atoms with E-state index < -0.39 is 5.41 Å². The third-order valence-electron chi connectivity index (χ3n) is 4.57. The molecule has 3 atom stereocenters. The number of aliphatic hydroxyl groups excluding tert-OH is 1. The lowest BCUT2D eigenvalue weighted by molar-refractivity contribution is -0.153. The molecule has 0 amide bonds. The van der Waals surface area contributed by atoms with Crippen molar-refractivity contribution in [3.63, 3.8) is 0 Å². The van der Waals surface area contributed by atoms with E-state index in [1.807, 2.05) is 26.8 Å². The van der Waals surface area contributed by atoms with Gasteiger partial charge in [0.15, 0.2) is 0 Å². The van der Waals surface area contributed by atoms with Crippen LogP contribution in [0.25, 0.3) is 0 Å². The zero-order valence-corrected chi connectivity index (χ0v) is 12.0. The molecule has 3 nitrogen and oxygen atoms in total. The zero-order valence-electron chi connectivity index (χ0n) is 12.0. The lowest BCUT2D eigenvalue weighted by atomic mass is 9.48. The minimum Gasteiger partial charge on any atom is -0.461 e. The van der Waals surface area contributed by atoms with Crippen LogP contribution in [0.4, 0.5) is 0 Å². The maximum Gasteiger partial charge on any atom is 0.311 e. The fourth-order valence-corrected chi connectivity index (χ4v) is 3.13. The van der Waals surface area contributed by atoms with Gasteiger partial charge in [-0.1, -0.05) is 19.9 Å². The van der Waals surface area contributed by atoms with Gasteiger partial charge in [0.05, 0.1) is 11.5 Å². The molecule has 1 N–H and O–H groups in total. The SMILES string of the molecule is CC(C)(C)C(=O)OCC1=CC(O)[C@H]2CC1C2(C)C. The molecule has 0 aliphatic heterocycles. The lowest BCUT2D eigenvalue weighted by Crippen LogP contribution is -2.54. The quantitative estimate of drug-likeness (QED) is 0.607. The highest BCUT2D eigenvalue weighted by molar-refractivity contribution is 5.75. The number of rotatable bonds is 2. The van der Waals surface area contributed by atoms with E-state index in [2.05, 4.69) is 13.8 Å². The van der Waals surface area contributed by atoms with Crippen molar-refractivity contribution in [3.05, 3.63) is 11.6 Å². The van der Waals surface area contributed by atoms with Gasteiger partial charge in [0.1, 0.15) is 6.61 Å². The average molecular weight is 252 g/mol. The molecule has 3 heteroatoms. The molecule has 3 rings (SSSR count). The summed E-state index contributed by atoms with van der Waals surface area (Å²) in [5.41, 5.74) is 0.760. The number of fused-ring (bicyclic) bond motifs is 1. The Morgan fingerprint density at radius 1 is 1.50 bits per heavy atom. The average Bonchev–Trinajstić information content (AvgIpc) is 2.23. The summed E-state index contributed by atoms with van der Waals surface area (Å²) < 4.78 is 5.36. The molecule has 0 saturated heterocycles. The van der Waals surface area contributed by atoms with Gasteiger partial charge in [0, 0.05) is 0 Å². The second-order valence-electron chi connectivity index (χ2n) is 7.27. The van der Waals surface area contributed by atoms with Crippen molar-refractivity contribution in [2.24, 2.45) is 22.7 Å². The minimum atomic E-state index is -0.467. The van der Waals surface area contributed by atoms with Crippen LogP contribution in [0.3, 0.4) is 0 Å². The smallest absolute Gasteiger partial charge is 0.311 e. The number of aliphatic hydroxyl groups is 1. The van der Waals surface area contributed by atoms with Crippen LogP contribution >= 0.6 is 0 Å². The molecule has 3 aliphatic rings. The molecule has 2 bridgehead atoms. The van der Waals surface area contributed by atoms with Crippen LogP contribution in [-0.4, -0.2) is 23.8 Å². The molecule has 102 valence electrons. The number of carbonyl (C=O) groups excluding carboxylic acids is 1. The van der Waals surface area contributed by atoms with Gasteiger partial charge in [-0.3, -0.25) is 4.79 Å². The van der Waals surface area contributed by atoms with Gasteiger partial charge in [-0.25, -0.2) is 0 Å². The predicted molar refractivity (Wildman–Crippen MR) is 69.9 cm³/mol. The van der Waals surface area contributed by atoms with Crippen LogP contribution in [0, 0.1) is 22.7 Å². The van der Waals surface area contributed by atoms with E-state index in [-0.39, 0.29) is 17.5 Å².